The second-order valence-corrected chi connectivity index (χ2v) is 6.32. The summed E-state index contributed by atoms with van der Waals surface area (Å²) < 4.78 is 28.8. The number of hydrogen-bond donors (Lipinski definition) is 2. The van der Waals surface area contributed by atoms with Gasteiger partial charge in [-0.05, 0) is 33.2 Å². The van der Waals surface area contributed by atoms with E-state index < -0.39 is 10.0 Å². The van der Waals surface area contributed by atoms with Crippen LogP contribution in [0.4, 0.5) is 0 Å². The SMILES string of the molecule is CCn1cnc(S(=O)(=O)NC2CCCNC2C)c1.Cl. The van der Waals surface area contributed by atoms with Gasteiger partial charge in [0, 0.05) is 24.8 Å². The molecule has 0 bridgehead atoms. The number of rotatable bonds is 4. The lowest BCUT2D eigenvalue weighted by molar-refractivity contribution is 0.348. The first-order valence-corrected chi connectivity index (χ1v) is 7.78. The van der Waals surface area contributed by atoms with Gasteiger partial charge < -0.3 is 9.88 Å². The third kappa shape index (κ3) is 3.92. The van der Waals surface area contributed by atoms with Crippen LogP contribution in [-0.4, -0.2) is 36.6 Å². The molecule has 1 aromatic rings. The molecule has 19 heavy (non-hydrogen) atoms. The highest BCUT2D eigenvalue weighted by Crippen LogP contribution is 2.13. The fourth-order valence-corrected chi connectivity index (χ4v) is 3.42. The lowest BCUT2D eigenvalue weighted by Gasteiger charge is -2.30. The highest BCUT2D eigenvalue weighted by molar-refractivity contribution is 7.89. The third-order valence-corrected chi connectivity index (χ3v) is 4.69. The van der Waals surface area contributed by atoms with Gasteiger partial charge in [-0.1, -0.05) is 0 Å². The molecule has 0 spiro atoms. The number of imidazole rings is 1. The normalized spacial score (nSPS) is 23.9. The van der Waals surface area contributed by atoms with Gasteiger partial charge in [-0.25, -0.2) is 18.1 Å². The first-order valence-electron chi connectivity index (χ1n) is 6.30. The van der Waals surface area contributed by atoms with E-state index in [2.05, 4.69) is 15.0 Å². The Labute approximate surface area is 120 Å². The molecule has 1 saturated heterocycles. The molecular weight excluding hydrogens is 288 g/mol. The first-order chi connectivity index (χ1) is 8.53. The van der Waals surface area contributed by atoms with Gasteiger partial charge in [0.1, 0.15) is 0 Å². The summed E-state index contributed by atoms with van der Waals surface area (Å²) in [5, 5.41) is 3.37. The molecule has 1 aliphatic rings. The molecule has 0 aromatic carbocycles. The molecule has 2 N–H and O–H groups in total. The van der Waals surface area contributed by atoms with Crippen molar-refractivity contribution in [2.45, 2.75) is 50.3 Å². The minimum Gasteiger partial charge on any atom is -0.336 e. The fraction of sp³-hybridized carbons (Fsp3) is 0.727. The van der Waals surface area contributed by atoms with Gasteiger partial charge in [0.05, 0.1) is 6.33 Å². The summed E-state index contributed by atoms with van der Waals surface area (Å²) in [5.41, 5.74) is 0. The van der Waals surface area contributed by atoms with Crippen molar-refractivity contribution in [1.29, 1.82) is 0 Å². The molecule has 2 heterocycles. The number of piperidine rings is 1. The van der Waals surface area contributed by atoms with Crippen molar-refractivity contribution >= 4 is 22.4 Å². The number of nitrogens with one attached hydrogen (secondary N) is 2. The highest BCUT2D eigenvalue weighted by Gasteiger charge is 2.27. The zero-order chi connectivity index (χ0) is 13.2. The average molecular weight is 309 g/mol. The van der Waals surface area contributed by atoms with E-state index in [1.54, 1.807) is 10.8 Å². The topological polar surface area (TPSA) is 76.0 Å². The Morgan fingerprint density at radius 2 is 2.32 bits per heavy atom. The number of aryl methyl sites for hydroxylation is 1. The van der Waals surface area contributed by atoms with Crippen LogP contribution in [0, 0.1) is 0 Å². The maximum absolute atomic E-state index is 12.2. The van der Waals surface area contributed by atoms with Gasteiger partial charge in [0.2, 0.25) is 0 Å². The van der Waals surface area contributed by atoms with Crippen LogP contribution >= 0.6 is 12.4 Å². The number of hydrogen-bond acceptors (Lipinski definition) is 4. The molecule has 110 valence electrons. The van der Waals surface area contributed by atoms with E-state index >= 15 is 0 Å². The van der Waals surface area contributed by atoms with Gasteiger partial charge in [-0.15, -0.1) is 12.4 Å². The second-order valence-electron chi connectivity index (χ2n) is 4.66. The molecule has 1 aromatic heterocycles. The van der Waals surface area contributed by atoms with E-state index in [1.165, 1.54) is 6.33 Å². The quantitative estimate of drug-likeness (QED) is 0.860. The summed E-state index contributed by atoms with van der Waals surface area (Å²) in [7, 11) is -3.50. The molecule has 0 saturated carbocycles. The van der Waals surface area contributed by atoms with Gasteiger partial charge in [-0.3, -0.25) is 0 Å². The molecule has 0 aliphatic carbocycles. The van der Waals surface area contributed by atoms with E-state index in [4.69, 9.17) is 0 Å². The average Bonchev–Trinajstić information content (AvgIpc) is 2.81. The van der Waals surface area contributed by atoms with Crippen LogP contribution in [0.15, 0.2) is 17.6 Å². The standard InChI is InChI=1S/C11H20N4O2S.ClH/c1-3-15-7-11(13-8-15)18(16,17)14-10-5-4-6-12-9(10)2;/h7-10,12,14H,3-6H2,1-2H3;1H. The minimum atomic E-state index is -3.50. The minimum absolute atomic E-state index is 0. The number of sulfonamides is 1. The molecule has 2 rings (SSSR count). The van der Waals surface area contributed by atoms with Crippen molar-refractivity contribution in [3.05, 3.63) is 12.5 Å². The first kappa shape index (κ1) is 16.4. The van der Waals surface area contributed by atoms with Gasteiger partial charge in [0.25, 0.3) is 10.0 Å². The van der Waals surface area contributed by atoms with E-state index in [0.717, 1.165) is 19.4 Å². The summed E-state index contributed by atoms with van der Waals surface area (Å²) in [6, 6.07) is 0.0947. The summed E-state index contributed by atoms with van der Waals surface area (Å²) in [5.74, 6) is 0. The lowest BCUT2D eigenvalue weighted by atomic mass is 10.0. The lowest BCUT2D eigenvalue weighted by Crippen LogP contribution is -2.51. The molecular formula is C11H21ClN4O2S. The van der Waals surface area contributed by atoms with E-state index in [1.807, 2.05) is 13.8 Å². The molecule has 6 nitrogen and oxygen atoms in total. The Morgan fingerprint density at radius 3 is 2.89 bits per heavy atom. The Morgan fingerprint density at radius 1 is 1.58 bits per heavy atom. The smallest absolute Gasteiger partial charge is 0.259 e. The molecule has 1 aliphatic heterocycles. The van der Waals surface area contributed by atoms with Gasteiger partial charge >= 0.3 is 0 Å². The van der Waals surface area contributed by atoms with Gasteiger partial charge in [-0.2, -0.15) is 0 Å². The molecule has 1 fully saturated rings. The van der Waals surface area contributed by atoms with Crippen LogP contribution in [0.3, 0.4) is 0 Å². The molecule has 0 amide bonds. The molecule has 2 atom stereocenters. The number of aromatic nitrogens is 2. The summed E-state index contributed by atoms with van der Waals surface area (Å²) in [6.07, 6.45) is 4.95. The summed E-state index contributed by atoms with van der Waals surface area (Å²) >= 11 is 0. The van der Waals surface area contributed by atoms with E-state index in [9.17, 15) is 8.42 Å². The zero-order valence-corrected chi connectivity index (χ0v) is 12.8. The van der Waals surface area contributed by atoms with Crippen molar-refractivity contribution in [2.24, 2.45) is 0 Å². The Hall–Kier alpha value is -0.630. The maximum Gasteiger partial charge on any atom is 0.259 e. The van der Waals surface area contributed by atoms with Crippen LogP contribution < -0.4 is 10.0 Å². The van der Waals surface area contributed by atoms with Crippen LogP contribution in [0.2, 0.25) is 0 Å². The van der Waals surface area contributed by atoms with Crippen molar-refractivity contribution in [1.82, 2.24) is 19.6 Å². The Kier molecular flexibility index (Phi) is 5.79. The summed E-state index contributed by atoms with van der Waals surface area (Å²) in [6.45, 7) is 5.60. The number of halogens is 1. The third-order valence-electron chi connectivity index (χ3n) is 3.32. The highest BCUT2D eigenvalue weighted by atomic mass is 35.5. The predicted molar refractivity (Wildman–Crippen MR) is 76.0 cm³/mol. The van der Waals surface area contributed by atoms with Crippen molar-refractivity contribution in [3.8, 4) is 0 Å². The predicted octanol–water partition coefficient (Wildman–Crippen LogP) is 0.744. The number of nitrogens with zero attached hydrogens (tertiary/aromatic N) is 2. The molecule has 8 heteroatoms. The molecule has 0 radical (unpaired) electrons. The Bertz CT molecular complexity index is 503. The van der Waals surface area contributed by atoms with E-state index in [-0.39, 0.29) is 29.5 Å². The van der Waals surface area contributed by atoms with Crippen molar-refractivity contribution in [3.63, 3.8) is 0 Å². The van der Waals surface area contributed by atoms with Crippen LogP contribution in [0.25, 0.3) is 0 Å². The fourth-order valence-electron chi connectivity index (χ4n) is 2.12. The van der Waals surface area contributed by atoms with Gasteiger partial charge in [0.15, 0.2) is 5.03 Å². The van der Waals surface area contributed by atoms with Crippen LogP contribution in [0.1, 0.15) is 26.7 Å². The van der Waals surface area contributed by atoms with Crippen LogP contribution in [-0.2, 0) is 16.6 Å². The largest absolute Gasteiger partial charge is 0.336 e. The van der Waals surface area contributed by atoms with Crippen molar-refractivity contribution in [2.75, 3.05) is 6.54 Å². The zero-order valence-electron chi connectivity index (χ0n) is 11.2. The Balaban J connectivity index is 0.00000180. The summed E-state index contributed by atoms with van der Waals surface area (Å²) in [4.78, 5) is 3.94. The molecule has 2 unspecified atom stereocenters. The van der Waals surface area contributed by atoms with Crippen molar-refractivity contribution < 1.29 is 8.42 Å². The monoisotopic (exact) mass is 308 g/mol. The maximum atomic E-state index is 12.2. The van der Waals surface area contributed by atoms with E-state index in [0.29, 0.717) is 6.54 Å². The van der Waals surface area contributed by atoms with Crippen LogP contribution in [0.5, 0.6) is 0 Å². The second kappa shape index (κ2) is 6.69.